The lowest BCUT2D eigenvalue weighted by Crippen LogP contribution is -2.32. The highest BCUT2D eigenvalue weighted by Gasteiger charge is 2.48. The highest BCUT2D eigenvalue weighted by Crippen LogP contribution is 2.31. The molecule has 1 aromatic carbocycles. The van der Waals surface area contributed by atoms with E-state index in [1.54, 1.807) is 50.6 Å². The summed E-state index contributed by atoms with van der Waals surface area (Å²) in [5.74, 6) is -1.69. The third-order valence-electron chi connectivity index (χ3n) is 12.6. The summed E-state index contributed by atoms with van der Waals surface area (Å²) in [5.41, 5.74) is -2.15. The van der Waals surface area contributed by atoms with E-state index in [4.69, 9.17) is 13.3 Å². The molecule has 19 nitrogen and oxygen atoms in total. The van der Waals surface area contributed by atoms with E-state index < -0.39 is 39.0 Å². The number of halogens is 3. The van der Waals surface area contributed by atoms with Gasteiger partial charge in [-0.15, -0.1) is 0 Å². The number of rotatable bonds is 21. The van der Waals surface area contributed by atoms with E-state index in [1.165, 1.54) is 37.5 Å². The average Bonchev–Trinajstić information content (AvgIpc) is 4.30. The van der Waals surface area contributed by atoms with Crippen molar-refractivity contribution in [3.05, 3.63) is 139 Å². The fourth-order valence-corrected chi connectivity index (χ4v) is 8.30. The normalized spacial score (nSPS) is 12.5. The number of alkyl halides is 3. The minimum atomic E-state index is -5.80. The van der Waals surface area contributed by atoms with Gasteiger partial charge in [0, 0.05) is 69.9 Å². The van der Waals surface area contributed by atoms with E-state index in [-0.39, 0.29) is 107 Å². The number of hydrogen-bond donors (Lipinski definition) is 4. The summed E-state index contributed by atoms with van der Waals surface area (Å²) >= 11 is 0. The molecule has 430 valence electrons. The first-order chi connectivity index (χ1) is 38.3. The topological polar surface area (TPSA) is 280 Å². The van der Waals surface area contributed by atoms with Gasteiger partial charge < -0.3 is 38.5 Å². The molecule has 3 amide bonds. The molecule has 0 aliphatic carbocycles. The van der Waals surface area contributed by atoms with E-state index in [9.17, 15) is 55.5 Å². The molecular formula is C58H63F3N6O13S. The van der Waals surface area contributed by atoms with Gasteiger partial charge in [0.25, 0.3) is 0 Å². The van der Waals surface area contributed by atoms with Crippen LogP contribution in [0, 0.1) is 35.5 Å². The summed E-state index contributed by atoms with van der Waals surface area (Å²) in [7, 11) is -1.19. The molecule has 6 heterocycles. The maximum atomic E-state index is 12.6. The van der Waals surface area contributed by atoms with Crippen molar-refractivity contribution in [3.8, 4) is 57.0 Å². The molecular weight excluding hydrogens is 1080 g/mol. The number of aromatic nitrogens is 3. The molecule has 0 radical (unpaired) electrons. The summed E-state index contributed by atoms with van der Waals surface area (Å²) in [6, 6.07) is 28.5. The summed E-state index contributed by atoms with van der Waals surface area (Å²) in [6.07, 6.45) is 4.01. The molecule has 0 saturated carbocycles. The Morgan fingerprint density at radius 1 is 0.506 bits per heavy atom. The van der Waals surface area contributed by atoms with Crippen LogP contribution in [0.5, 0.6) is 11.5 Å². The molecule has 0 aliphatic heterocycles. The number of amides is 3. The third kappa shape index (κ3) is 17.4. The molecule has 7 aromatic rings. The molecule has 0 aliphatic rings. The number of furan rings is 3. The lowest BCUT2D eigenvalue weighted by atomic mass is 9.89. The zero-order chi connectivity index (χ0) is 59.8. The Morgan fingerprint density at radius 2 is 0.877 bits per heavy atom. The summed E-state index contributed by atoms with van der Waals surface area (Å²) in [6.45, 7) is 11.3. The van der Waals surface area contributed by atoms with Crippen molar-refractivity contribution < 1.29 is 72.9 Å². The maximum absolute atomic E-state index is 12.6. The predicted molar refractivity (Wildman–Crippen MR) is 293 cm³/mol. The fraction of sp³-hybridized carbons (Fsp3) is 0.328. The minimum Gasteiger partial charge on any atom is -0.506 e. The number of Topliss-reactive ketones (excluding diaryl/α,β-unsaturated/α-hetero) is 3. The molecule has 4 N–H and O–H groups in total. The van der Waals surface area contributed by atoms with E-state index in [0.717, 1.165) is 23.4 Å². The number of ketones is 3. The first-order valence-electron chi connectivity index (χ1n) is 25.5. The Hall–Kier alpha value is -8.73. The molecule has 0 saturated heterocycles. The Balaban J connectivity index is 0.000000225. The summed E-state index contributed by atoms with van der Waals surface area (Å²) in [5, 5.41) is 17.0. The summed E-state index contributed by atoms with van der Waals surface area (Å²) < 4.78 is 79.7. The molecule has 0 unspecified atom stereocenters. The lowest BCUT2D eigenvalue weighted by molar-refractivity contribution is -0.126. The van der Waals surface area contributed by atoms with Gasteiger partial charge in [-0.2, -0.15) is 21.6 Å². The van der Waals surface area contributed by atoms with Crippen LogP contribution in [0.15, 0.2) is 135 Å². The van der Waals surface area contributed by atoms with Gasteiger partial charge in [-0.3, -0.25) is 33.8 Å². The van der Waals surface area contributed by atoms with Gasteiger partial charge in [-0.1, -0.05) is 77.9 Å². The number of carbonyl (C=O) groups excluding carboxylic acids is 6. The van der Waals surface area contributed by atoms with Crippen molar-refractivity contribution in [1.29, 1.82) is 0 Å². The smallest absolute Gasteiger partial charge is 0.506 e. The van der Waals surface area contributed by atoms with Crippen molar-refractivity contribution in [2.45, 2.75) is 66.3 Å². The molecule has 0 bridgehead atoms. The highest BCUT2D eigenvalue weighted by molar-refractivity contribution is 7.88. The molecule has 0 fully saturated rings. The van der Waals surface area contributed by atoms with Crippen LogP contribution in [0.1, 0.15) is 92.5 Å². The number of benzene rings is 1. The van der Waals surface area contributed by atoms with Gasteiger partial charge in [0.1, 0.15) is 22.8 Å². The van der Waals surface area contributed by atoms with Gasteiger partial charge >= 0.3 is 15.6 Å². The van der Waals surface area contributed by atoms with Crippen molar-refractivity contribution in [1.82, 2.24) is 30.9 Å². The van der Waals surface area contributed by atoms with Crippen LogP contribution in [0.4, 0.5) is 13.2 Å². The largest absolute Gasteiger partial charge is 0.534 e. The lowest BCUT2D eigenvalue weighted by Gasteiger charge is -2.17. The van der Waals surface area contributed by atoms with Crippen LogP contribution in [-0.4, -0.2) is 90.2 Å². The number of carbonyl (C=O) groups is 6. The second-order valence-corrected chi connectivity index (χ2v) is 20.9. The number of aromatic hydroxyl groups is 1. The van der Waals surface area contributed by atoms with Crippen LogP contribution in [0.3, 0.4) is 0 Å². The van der Waals surface area contributed by atoms with E-state index in [2.05, 4.69) is 35.1 Å². The number of pyridine rings is 3. The molecule has 0 spiro atoms. The Labute approximate surface area is 466 Å². The van der Waals surface area contributed by atoms with Crippen LogP contribution in [0.2, 0.25) is 0 Å². The Morgan fingerprint density at radius 3 is 1.19 bits per heavy atom. The molecule has 23 heteroatoms. The second-order valence-electron chi connectivity index (χ2n) is 19.3. The van der Waals surface area contributed by atoms with Crippen LogP contribution >= 0.6 is 0 Å². The van der Waals surface area contributed by atoms with Crippen molar-refractivity contribution in [3.63, 3.8) is 0 Å². The minimum absolute atomic E-state index is 0.0127. The molecule has 6 aromatic heterocycles. The first-order valence-corrected chi connectivity index (χ1v) is 26.9. The van der Waals surface area contributed by atoms with Crippen molar-refractivity contribution in [2.75, 3.05) is 21.1 Å². The molecule has 3 atom stereocenters. The summed E-state index contributed by atoms with van der Waals surface area (Å²) in [4.78, 5) is 85.4. The van der Waals surface area contributed by atoms with Crippen molar-refractivity contribution >= 4 is 45.2 Å². The molecule has 7 rings (SSSR count). The average molecular weight is 1140 g/mol. The Kier molecular flexibility index (Phi) is 22.1. The SMILES string of the molecule is CNC(=O)[C@@H](CC(=O)c1ccc(-c2ccc(-c3ccccc3)cn2)o1)C(C)C.CNC(=O)[C@@H](CC(=O)c1ccc(-c2ccc(O)cn2)o1)C(C)C.CNC(=O)[C@@H](CC(=O)c1ccc(-c2ccc(OS(=O)(=O)C(F)(F)F)cn2)o1)C(C)C. The first kappa shape index (κ1) is 63.1. The van der Waals surface area contributed by atoms with Gasteiger partial charge in [0.2, 0.25) is 17.7 Å². The standard InChI is InChI=1S/C23H24N2O3.C18H19F3N2O6S.C17H20N2O4/c1-15(2)18(23(27)24-3)13-20(26)22-12-11-21(28-22)19-10-9-17(14-25-19)16-7-5-4-6-8-16;1-10(2)12(17(25)22-3)8-14(24)16-7-6-15(28-16)13-5-4-11(9-23-13)29-30(26,27)18(19,20)21;1-10(2)12(17(22)18-3)8-14(21)16-7-6-15(23-16)13-5-4-11(20)9-19-13/h4-12,14-15,18H,13H2,1-3H3,(H,24,27);4-7,9-10,12H,8H2,1-3H3,(H,22,25);4-7,9-10,12,20H,8H2,1-3H3,(H,18,22)/t18-;2*12-/m000/s1. The van der Waals surface area contributed by atoms with Crippen LogP contribution < -0.4 is 20.1 Å². The number of nitrogens with one attached hydrogen (secondary N) is 3. The number of nitrogens with zero attached hydrogens (tertiary/aromatic N) is 3. The van der Waals surface area contributed by atoms with E-state index >= 15 is 0 Å². The molecule has 81 heavy (non-hydrogen) atoms. The third-order valence-corrected chi connectivity index (χ3v) is 13.6. The van der Waals surface area contributed by atoms with Gasteiger partial charge in [0.05, 0.1) is 12.4 Å². The Bertz CT molecular complexity index is 3360. The zero-order valence-corrected chi connectivity index (χ0v) is 46.7. The maximum Gasteiger partial charge on any atom is 0.534 e. The second kappa shape index (κ2) is 28.4. The van der Waals surface area contributed by atoms with Crippen LogP contribution in [-0.2, 0) is 24.5 Å². The van der Waals surface area contributed by atoms with E-state index in [1.807, 2.05) is 84.0 Å². The van der Waals surface area contributed by atoms with Crippen LogP contribution in [0.25, 0.3) is 45.5 Å². The van der Waals surface area contributed by atoms with Gasteiger partial charge in [-0.25, -0.2) is 9.97 Å². The van der Waals surface area contributed by atoms with Crippen molar-refractivity contribution in [2.24, 2.45) is 35.5 Å². The fourth-order valence-electron chi connectivity index (χ4n) is 7.85. The zero-order valence-electron chi connectivity index (χ0n) is 45.9. The number of hydrogen-bond acceptors (Lipinski definition) is 16. The highest BCUT2D eigenvalue weighted by atomic mass is 32.2. The quantitative estimate of drug-likeness (QED) is 0.0296. The predicted octanol–water partition coefficient (Wildman–Crippen LogP) is 10.4. The van der Waals surface area contributed by atoms with Gasteiger partial charge in [0.15, 0.2) is 57.7 Å². The van der Waals surface area contributed by atoms with Gasteiger partial charge in [-0.05, 0) is 90.0 Å². The monoisotopic (exact) mass is 1140 g/mol. The van der Waals surface area contributed by atoms with E-state index in [0.29, 0.717) is 22.9 Å².